The minimum Gasteiger partial charge on any atom is -0.356 e. The lowest BCUT2D eigenvalue weighted by Crippen LogP contribution is -2.45. The average Bonchev–Trinajstić information content (AvgIpc) is 3.13. The molecule has 2 unspecified atom stereocenters. The number of halogens is 4. The van der Waals surface area contributed by atoms with Gasteiger partial charge in [-0.25, -0.2) is 13.8 Å². The maximum absolute atomic E-state index is 13.9. The van der Waals surface area contributed by atoms with Gasteiger partial charge in [-0.3, -0.25) is 4.99 Å². The second kappa shape index (κ2) is 10.9. The number of aromatic nitrogens is 1. The molecule has 0 saturated carbocycles. The van der Waals surface area contributed by atoms with Crippen molar-refractivity contribution < 1.29 is 8.78 Å². The summed E-state index contributed by atoms with van der Waals surface area (Å²) in [6, 6.07) is 7.52. The highest BCUT2D eigenvalue weighted by molar-refractivity contribution is 14.0. The lowest BCUT2D eigenvalue weighted by molar-refractivity contribution is 0.554. The van der Waals surface area contributed by atoms with Gasteiger partial charge < -0.3 is 15.5 Å². The van der Waals surface area contributed by atoms with Gasteiger partial charge in [0.1, 0.15) is 17.5 Å². The molecule has 1 saturated heterocycles. The first kappa shape index (κ1) is 23.6. The summed E-state index contributed by atoms with van der Waals surface area (Å²) in [5.41, 5.74) is 0.473. The van der Waals surface area contributed by atoms with E-state index < -0.39 is 11.6 Å². The molecule has 9 heteroatoms. The number of anilines is 1. The van der Waals surface area contributed by atoms with E-state index >= 15 is 0 Å². The van der Waals surface area contributed by atoms with E-state index in [0.717, 1.165) is 31.4 Å². The van der Waals surface area contributed by atoms with E-state index in [1.54, 1.807) is 13.2 Å². The van der Waals surface area contributed by atoms with Crippen LogP contribution in [0.25, 0.3) is 0 Å². The molecule has 0 aliphatic carbocycles. The second-order valence-corrected chi connectivity index (χ2v) is 7.31. The topological polar surface area (TPSA) is 52.6 Å². The maximum atomic E-state index is 13.9. The third kappa shape index (κ3) is 6.15. The van der Waals surface area contributed by atoms with Crippen LogP contribution >= 0.6 is 35.6 Å². The van der Waals surface area contributed by atoms with Crippen molar-refractivity contribution in [3.63, 3.8) is 0 Å². The fourth-order valence-electron chi connectivity index (χ4n) is 3.33. The SMILES string of the molecule is CN=C(NCC(C)c1ccc(F)cc1F)NC1CCN(c2ncccc2Cl)C1.I. The molecule has 1 fully saturated rings. The molecule has 0 amide bonds. The Bertz CT molecular complexity index is 851. The number of guanidine groups is 1. The number of aliphatic imine (C=N–C) groups is 1. The van der Waals surface area contributed by atoms with Crippen molar-refractivity contribution in [1.82, 2.24) is 15.6 Å². The third-order valence-electron chi connectivity index (χ3n) is 4.86. The van der Waals surface area contributed by atoms with Crippen molar-refractivity contribution in [3.05, 3.63) is 58.7 Å². The summed E-state index contributed by atoms with van der Waals surface area (Å²) in [5, 5.41) is 7.25. The summed E-state index contributed by atoms with van der Waals surface area (Å²) in [5.74, 6) is 0.199. The Morgan fingerprint density at radius 1 is 1.38 bits per heavy atom. The van der Waals surface area contributed by atoms with Gasteiger partial charge in [-0.1, -0.05) is 24.6 Å². The van der Waals surface area contributed by atoms with E-state index in [1.807, 2.05) is 19.1 Å². The summed E-state index contributed by atoms with van der Waals surface area (Å²) in [7, 11) is 1.70. The molecule has 158 valence electrons. The molecular formula is C20H25ClF2IN5. The second-order valence-electron chi connectivity index (χ2n) is 6.90. The number of pyridine rings is 1. The number of hydrogen-bond acceptors (Lipinski definition) is 3. The van der Waals surface area contributed by atoms with Gasteiger partial charge in [0.2, 0.25) is 0 Å². The first-order chi connectivity index (χ1) is 13.5. The highest BCUT2D eigenvalue weighted by Gasteiger charge is 2.25. The number of benzene rings is 1. The van der Waals surface area contributed by atoms with E-state index in [2.05, 4.69) is 25.5 Å². The van der Waals surface area contributed by atoms with Crippen LogP contribution in [0.2, 0.25) is 5.02 Å². The van der Waals surface area contributed by atoms with Gasteiger partial charge in [-0.15, -0.1) is 24.0 Å². The van der Waals surface area contributed by atoms with Gasteiger partial charge in [-0.05, 0) is 30.2 Å². The van der Waals surface area contributed by atoms with Gasteiger partial charge in [0.25, 0.3) is 0 Å². The van der Waals surface area contributed by atoms with E-state index in [-0.39, 0.29) is 35.9 Å². The minimum atomic E-state index is -0.572. The van der Waals surface area contributed by atoms with Crippen molar-refractivity contribution in [1.29, 1.82) is 0 Å². The van der Waals surface area contributed by atoms with Gasteiger partial charge >= 0.3 is 0 Å². The average molecular weight is 536 g/mol. The Kier molecular flexibility index (Phi) is 8.88. The largest absolute Gasteiger partial charge is 0.356 e. The molecule has 1 aromatic heterocycles. The molecule has 5 nitrogen and oxygen atoms in total. The zero-order valence-corrected chi connectivity index (χ0v) is 19.4. The van der Waals surface area contributed by atoms with Crippen LogP contribution in [0.5, 0.6) is 0 Å². The molecule has 0 spiro atoms. The van der Waals surface area contributed by atoms with Gasteiger partial charge in [0.15, 0.2) is 5.96 Å². The Morgan fingerprint density at radius 3 is 2.86 bits per heavy atom. The van der Waals surface area contributed by atoms with Crippen LogP contribution in [-0.2, 0) is 0 Å². The molecule has 2 atom stereocenters. The molecule has 1 aliphatic rings. The maximum Gasteiger partial charge on any atom is 0.191 e. The summed E-state index contributed by atoms with van der Waals surface area (Å²) >= 11 is 6.24. The standard InChI is InChI=1S/C20H24ClF2N5.HI/c1-13(16-6-5-14(22)10-18(16)23)11-26-20(24-2)27-15-7-9-28(12-15)19-17(21)4-3-8-25-19;/h3-6,8,10,13,15H,7,9,11-12H2,1-2H3,(H2,24,26,27);1H. The van der Waals surface area contributed by atoms with Gasteiger partial charge in [-0.2, -0.15) is 0 Å². The molecule has 2 heterocycles. The summed E-state index contributed by atoms with van der Waals surface area (Å²) < 4.78 is 27.0. The van der Waals surface area contributed by atoms with E-state index in [0.29, 0.717) is 23.1 Å². The minimum absolute atomic E-state index is 0. The summed E-state index contributed by atoms with van der Waals surface area (Å²) in [6.07, 6.45) is 2.66. The van der Waals surface area contributed by atoms with Crippen molar-refractivity contribution in [2.24, 2.45) is 4.99 Å². The van der Waals surface area contributed by atoms with E-state index in [1.165, 1.54) is 12.1 Å². The quantitative estimate of drug-likeness (QED) is 0.343. The first-order valence-corrected chi connectivity index (χ1v) is 9.63. The highest BCUT2D eigenvalue weighted by atomic mass is 127. The summed E-state index contributed by atoms with van der Waals surface area (Å²) in [6.45, 7) is 3.98. The number of hydrogen-bond donors (Lipinski definition) is 2. The van der Waals surface area contributed by atoms with Crippen LogP contribution in [-0.4, -0.2) is 43.7 Å². The molecule has 0 bridgehead atoms. The Morgan fingerprint density at radius 2 is 2.17 bits per heavy atom. The molecule has 29 heavy (non-hydrogen) atoms. The van der Waals surface area contributed by atoms with Gasteiger partial charge in [0.05, 0.1) is 5.02 Å². The van der Waals surface area contributed by atoms with Crippen LogP contribution in [0.1, 0.15) is 24.8 Å². The number of nitrogens with zero attached hydrogens (tertiary/aromatic N) is 3. The van der Waals surface area contributed by atoms with E-state index in [9.17, 15) is 8.78 Å². The Balaban J connectivity index is 0.00000300. The zero-order valence-electron chi connectivity index (χ0n) is 16.3. The Hall–Kier alpha value is -1.68. The lowest BCUT2D eigenvalue weighted by atomic mass is 10.0. The predicted molar refractivity (Wildman–Crippen MR) is 125 cm³/mol. The van der Waals surface area contributed by atoms with Crippen molar-refractivity contribution in [3.8, 4) is 0 Å². The third-order valence-corrected chi connectivity index (χ3v) is 5.16. The molecule has 3 rings (SSSR count). The van der Waals surface area contributed by atoms with Crippen LogP contribution in [0.15, 0.2) is 41.5 Å². The molecule has 0 radical (unpaired) electrons. The number of rotatable bonds is 5. The highest BCUT2D eigenvalue weighted by Crippen LogP contribution is 2.25. The fourth-order valence-corrected chi connectivity index (χ4v) is 3.57. The van der Waals surface area contributed by atoms with Crippen molar-refractivity contribution in [2.45, 2.75) is 25.3 Å². The first-order valence-electron chi connectivity index (χ1n) is 9.25. The van der Waals surface area contributed by atoms with Gasteiger partial charge in [0, 0.05) is 50.9 Å². The van der Waals surface area contributed by atoms with Crippen LogP contribution in [0.4, 0.5) is 14.6 Å². The molecule has 1 aromatic carbocycles. The van der Waals surface area contributed by atoms with Crippen molar-refractivity contribution >= 4 is 47.4 Å². The number of nitrogens with one attached hydrogen (secondary N) is 2. The fraction of sp³-hybridized carbons (Fsp3) is 0.400. The molecular weight excluding hydrogens is 511 g/mol. The molecule has 2 aromatic rings. The summed E-state index contributed by atoms with van der Waals surface area (Å²) in [4.78, 5) is 10.8. The molecule has 1 aliphatic heterocycles. The zero-order chi connectivity index (χ0) is 20.1. The van der Waals surface area contributed by atoms with Crippen LogP contribution < -0.4 is 15.5 Å². The van der Waals surface area contributed by atoms with Crippen LogP contribution in [0.3, 0.4) is 0 Å². The lowest BCUT2D eigenvalue weighted by Gasteiger charge is -2.21. The smallest absolute Gasteiger partial charge is 0.191 e. The molecule has 2 N–H and O–H groups in total. The van der Waals surface area contributed by atoms with E-state index in [4.69, 9.17) is 11.6 Å². The van der Waals surface area contributed by atoms with Crippen molar-refractivity contribution in [2.75, 3.05) is 31.6 Å². The Labute approximate surface area is 192 Å². The normalized spacial score (nSPS) is 17.6. The monoisotopic (exact) mass is 535 g/mol. The predicted octanol–water partition coefficient (Wildman–Crippen LogP) is 4.18. The van der Waals surface area contributed by atoms with Crippen LogP contribution in [0, 0.1) is 11.6 Å².